The van der Waals surface area contributed by atoms with E-state index in [1.807, 2.05) is 25.1 Å². The number of amides is 2. The molecule has 0 bridgehead atoms. The molecular formula is C16H24ClN3O3S. The first-order valence-corrected chi connectivity index (χ1v) is 10.1. The molecule has 1 saturated heterocycles. The lowest BCUT2D eigenvalue weighted by Gasteiger charge is -2.31. The van der Waals surface area contributed by atoms with Crippen molar-refractivity contribution in [3.8, 4) is 0 Å². The molecule has 1 heterocycles. The molecule has 1 aromatic rings. The Kier molecular flexibility index (Phi) is 6.48. The van der Waals surface area contributed by atoms with Gasteiger partial charge in [-0.1, -0.05) is 29.8 Å². The van der Waals surface area contributed by atoms with E-state index < -0.39 is 10.0 Å². The topological polar surface area (TPSA) is 78.5 Å². The number of hydrogen-bond acceptors (Lipinski definition) is 3. The van der Waals surface area contributed by atoms with Crippen molar-refractivity contribution in [2.45, 2.75) is 38.8 Å². The zero-order valence-corrected chi connectivity index (χ0v) is 15.5. The van der Waals surface area contributed by atoms with E-state index in [0.717, 1.165) is 5.56 Å². The highest BCUT2D eigenvalue weighted by Gasteiger charge is 2.27. The van der Waals surface area contributed by atoms with E-state index in [1.165, 1.54) is 4.31 Å². The summed E-state index contributed by atoms with van der Waals surface area (Å²) in [7, 11) is -3.14. The molecule has 8 heteroatoms. The number of urea groups is 1. The van der Waals surface area contributed by atoms with Gasteiger partial charge < -0.3 is 10.6 Å². The van der Waals surface area contributed by atoms with Crippen molar-refractivity contribution >= 4 is 27.7 Å². The summed E-state index contributed by atoms with van der Waals surface area (Å²) >= 11 is 6.13. The SMILES string of the molecule is CCS(=O)(=O)N1CCC(NC(=O)NC(C)c2ccccc2Cl)CC1. The van der Waals surface area contributed by atoms with Gasteiger partial charge in [0.25, 0.3) is 0 Å². The van der Waals surface area contributed by atoms with E-state index in [1.54, 1.807) is 13.0 Å². The largest absolute Gasteiger partial charge is 0.335 e. The molecular weight excluding hydrogens is 350 g/mol. The lowest BCUT2D eigenvalue weighted by molar-refractivity contribution is 0.225. The molecule has 0 spiro atoms. The Morgan fingerprint density at radius 1 is 1.33 bits per heavy atom. The highest BCUT2D eigenvalue weighted by molar-refractivity contribution is 7.89. The van der Waals surface area contributed by atoms with Crippen molar-refractivity contribution in [1.82, 2.24) is 14.9 Å². The quantitative estimate of drug-likeness (QED) is 0.832. The molecule has 0 aliphatic carbocycles. The molecule has 24 heavy (non-hydrogen) atoms. The van der Waals surface area contributed by atoms with Gasteiger partial charge in [-0.15, -0.1) is 0 Å². The second-order valence-electron chi connectivity index (χ2n) is 5.93. The molecule has 0 aromatic heterocycles. The third-order valence-corrected chi connectivity index (χ3v) is 6.49. The number of carbonyl (C=O) groups excluding carboxylic acids is 1. The van der Waals surface area contributed by atoms with Crippen molar-refractivity contribution in [3.05, 3.63) is 34.9 Å². The van der Waals surface area contributed by atoms with Gasteiger partial charge in [0.15, 0.2) is 0 Å². The Hall–Kier alpha value is -1.31. The van der Waals surface area contributed by atoms with Crippen LogP contribution in [0, 0.1) is 0 Å². The maximum Gasteiger partial charge on any atom is 0.315 e. The molecule has 1 unspecified atom stereocenters. The monoisotopic (exact) mass is 373 g/mol. The second kappa shape index (κ2) is 8.18. The first kappa shape index (κ1) is 19.0. The summed E-state index contributed by atoms with van der Waals surface area (Å²) in [4.78, 5) is 12.1. The molecule has 0 saturated carbocycles. The van der Waals surface area contributed by atoms with Crippen LogP contribution in [0.15, 0.2) is 24.3 Å². The minimum atomic E-state index is -3.14. The Morgan fingerprint density at radius 2 is 1.96 bits per heavy atom. The van der Waals surface area contributed by atoms with Crippen molar-refractivity contribution in [2.75, 3.05) is 18.8 Å². The number of carbonyl (C=O) groups is 1. The number of hydrogen-bond donors (Lipinski definition) is 2. The van der Waals surface area contributed by atoms with Crippen LogP contribution in [0.25, 0.3) is 0 Å². The maximum atomic E-state index is 12.1. The average molecular weight is 374 g/mol. The summed E-state index contributed by atoms with van der Waals surface area (Å²) in [6.07, 6.45) is 1.24. The van der Waals surface area contributed by atoms with Crippen LogP contribution in [0.1, 0.15) is 38.3 Å². The fraction of sp³-hybridized carbons (Fsp3) is 0.562. The van der Waals surface area contributed by atoms with E-state index in [9.17, 15) is 13.2 Å². The van der Waals surface area contributed by atoms with Gasteiger partial charge in [-0.25, -0.2) is 17.5 Å². The standard InChI is InChI=1S/C16H24ClN3O3S/c1-3-24(22,23)20-10-8-13(9-11-20)19-16(21)18-12(2)14-6-4-5-7-15(14)17/h4-7,12-13H,3,8-11H2,1-2H3,(H2,18,19,21). The van der Waals surface area contributed by atoms with Gasteiger partial charge in [0, 0.05) is 24.2 Å². The van der Waals surface area contributed by atoms with E-state index in [2.05, 4.69) is 10.6 Å². The number of nitrogens with zero attached hydrogens (tertiary/aromatic N) is 1. The normalized spacial score (nSPS) is 18.1. The van der Waals surface area contributed by atoms with Gasteiger partial charge in [-0.3, -0.25) is 0 Å². The van der Waals surface area contributed by atoms with Crippen LogP contribution < -0.4 is 10.6 Å². The predicted octanol–water partition coefficient (Wildman–Crippen LogP) is 2.51. The van der Waals surface area contributed by atoms with Crippen LogP contribution in [0.5, 0.6) is 0 Å². The molecule has 1 atom stereocenters. The molecule has 1 aliphatic heterocycles. The molecule has 134 valence electrons. The van der Waals surface area contributed by atoms with Crippen LogP contribution in [0.3, 0.4) is 0 Å². The molecule has 0 radical (unpaired) electrons. The lowest BCUT2D eigenvalue weighted by atomic mass is 10.1. The van der Waals surface area contributed by atoms with Crippen LogP contribution in [0.4, 0.5) is 4.79 Å². The lowest BCUT2D eigenvalue weighted by Crippen LogP contribution is -2.49. The third kappa shape index (κ3) is 4.84. The van der Waals surface area contributed by atoms with Crippen molar-refractivity contribution < 1.29 is 13.2 Å². The van der Waals surface area contributed by atoms with Gasteiger partial charge in [0.2, 0.25) is 10.0 Å². The van der Waals surface area contributed by atoms with E-state index in [4.69, 9.17) is 11.6 Å². The van der Waals surface area contributed by atoms with Gasteiger partial charge >= 0.3 is 6.03 Å². The summed E-state index contributed by atoms with van der Waals surface area (Å²) in [5, 5.41) is 6.40. The molecule has 1 aromatic carbocycles. The van der Waals surface area contributed by atoms with Crippen molar-refractivity contribution in [1.29, 1.82) is 0 Å². The number of sulfonamides is 1. The summed E-state index contributed by atoms with van der Waals surface area (Å²) in [6.45, 7) is 4.41. The molecule has 1 fully saturated rings. The molecule has 1 aliphatic rings. The third-order valence-electron chi connectivity index (χ3n) is 4.27. The first-order chi connectivity index (χ1) is 11.3. The van der Waals surface area contributed by atoms with Crippen LogP contribution >= 0.6 is 11.6 Å². The Bertz CT molecular complexity index is 673. The van der Waals surface area contributed by atoms with E-state index >= 15 is 0 Å². The molecule has 2 amide bonds. The summed E-state index contributed by atoms with van der Waals surface area (Å²) in [5.41, 5.74) is 0.859. The van der Waals surface area contributed by atoms with E-state index in [0.29, 0.717) is 31.0 Å². The van der Waals surface area contributed by atoms with Crippen LogP contribution in [0.2, 0.25) is 5.02 Å². The van der Waals surface area contributed by atoms with Crippen molar-refractivity contribution in [2.24, 2.45) is 0 Å². The number of halogens is 1. The zero-order valence-electron chi connectivity index (χ0n) is 14.0. The van der Waals surface area contributed by atoms with Gasteiger partial charge in [-0.2, -0.15) is 0 Å². The highest BCUT2D eigenvalue weighted by Crippen LogP contribution is 2.22. The first-order valence-electron chi connectivity index (χ1n) is 8.12. The van der Waals surface area contributed by atoms with Crippen molar-refractivity contribution in [3.63, 3.8) is 0 Å². The summed E-state index contributed by atoms with van der Waals surface area (Å²) in [5.74, 6) is 0.112. The summed E-state index contributed by atoms with van der Waals surface area (Å²) < 4.78 is 25.2. The molecule has 2 rings (SSSR count). The van der Waals surface area contributed by atoms with Gasteiger partial charge in [0.05, 0.1) is 11.8 Å². The fourth-order valence-corrected chi connectivity index (χ4v) is 4.22. The van der Waals surface area contributed by atoms with Crippen LogP contribution in [-0.4, -0.2) is 43.6 Å². The Labute approximate surface area is 148 Å². The number of piperidine rings is 1. The number of nitrogens with one attached hydrogen (secondary N) is 2. The summed E-state index contributed by atoms with van der Waals surface area (Å²) in [6, 6.07) is 6.89. The number of rotatable bonds is 5. The minimum absolute atomic E-state index is 0.0215. The average Bonchev–Trinajstić information content (AvgIpc) is 2.55. The van der Waals surface area contributed by atoms with E-state index in [-0.39, 0.29) is 23.9 Å². The highest BCUT2D eigenvalue weighted by atomic mass is 35.5. The zero-order chi connectivity index (χ0) is 17.7. The Morgan fingerprint density at radius 3 is 2.54 bits per heavy atom. The Balaban J connectivity index is 1.83. The second-order valence-corrected chi connectivity index (χ2v) is 8.60. The fourth-order valence-electron chi connectivity index (χ4n) is 2.79. The number of benzene rings is 1. The smallest absolute Gasteiger partial charge is 0.315 e. The van der Waals surface area contributed by atoms with Gasteiger partial charge in [0.1, 0.15) is 0 Å². The maximum absolute atomic E-state index is 12.1. The predicted molar refractivity (Wildman–Crippen MR) is 95.6 cm³/mol. The van der Waals surface area contributed by atoms with Crippen LogP contribution in [-0.2, 0) is 10.0 Å². The van der Waals surface area contributed by atoms with Gasteiger partial charge in [-0.05, 0) is 38.3 Å². The molecule has 2 N–H and O–H groups in total. The molecule has 6 nitrogen and oxygen atoms in total. The minimum Gasteiger partial charge on any atom is -0.335 e.